The van der Waals surface area contributed by atoms with E-state index in [9.17, 15) is 0 Å². The predicted octanol–water partition coefficient (Wildman–Crippen LogP) is 5.83. The minimum atomic E-state index is -1.71. The predicted molar refractivity (Wildman–Crippen MR) is 91.3 cm³/mol. The standard InChI is InChI=1S/C18H24OSi/c1-18(2,3)20(4,5)19-14-13-16-11-8-10-15-9-6-7-12-17(15)16/h6-14H,1-5H3. The Kier molecular flexibility index (Phi) is 4.05. The van der Waals surface area contributed by atoms with E-state index in [4.69, 9.17) is 4.43 Å². The number of benzene rings is 2. The topological polar surface area (TPSA) is 9.23 Å². The summed E-state index contributed by atoms with van der Waals surface area (Å²) in [6, 6.07) is 14.8. The van der Waals surface area contributed by atoms with Crippen molar-refractivity contribution in [1.82, 2.24) is 0 Å². The van der Waals surface area contributed by atoms with E-state index in [0.717, 1.165) is 0 Å². The monoisotopic (exact) mass is 284 g/mol. The largest absolute Gasteiger partial charge is 0.549 e. The first-order valence-electron chi connectivity index (χ1n) is 7.13. The average molecular weight is 284 g/mol. The Labute approximate surface area is 123 Å². The molecule has 1 nitrogen and oxygen atoms in total. The molecule has 0 fully saturated rings. The van der Waals surface area contributed by atoms with Crippen LogP contribution < -0.4 is 0 Å². The Bertz CT molecular complexity index is 615. The van der Waals surface area contributed by atoms with Crippen molar-refractivity contribution in [3.63, 3.8) is 0 Å². The SMILES string of the molecule is CC(C)(C)[Si](C)(C)OC=Cc1cccc2ccccc12. The van der Waals surface area contributed by atoms with Crippen molar-refractivity contribution >= 4 is 25.2 Å². The Hall–Kier alpha value is -1.54. The van der Waals surface area contributed by atoms with Crippen LogP contribution in [-0.4, -0.2) is 8.32 Å². The normalized spacial score (nSPS) is 13.1. The van der Waals surface area contributed by atoms with Gasteiger partial charge in [0.1, 0.15) is 0 Å². The highest BCUT2D eigenvalue weighted by Gasteiger charge is 2.37. The van der Waals surface area contributed by atoms with Crippen LogP contribution in [0.25, 0.3) is 16.8 Å². The fourth-order valence-electron chi connectivity index (χ4n) is 1.85. The minimum absolute atomic E-state index is 0.232. The molecule has 2 rings (SSSR count). The van der Waals surface area contributed by atoms with Crippen molar-refractivity contribution in [2.24, 2.45) is 0 Å². The molecular weight excluding hydrogens is 260 g/mol. The first kappa shape index (κ1) is 14.9. The zero-order chi connectivity index (χ0) is 14.8. The molecule has 0 aliphatic rings. The highest BCUT2D eigenvalue weighted by molar-refractivity contribution is 6.74. The van der Waals surface area contributed by atoms with Crippen molar-refractivity contribution < 1.29 is 4.43 Å². The lowest BCUT2D eigenvalue weighted by atomic mass is 10.1. The summed E-state index contributed by atoms with van der Waals surface area (Å²) in [7, 11) is -1.71. The van der Waals surface area contributed by atoms with Crippen molar-refractivity contribution in [1.29, 1.82) is 0 Å². The Morgan fingerprint density at radius 1 is 0.950 bits per heavy atom. The maximum atomic E-state index is 6.11. The molecule has 0 bridgehead atoms. The summed E-state index contributed by atoms with van der Waals surface area (Å²) in [6.07, 6.45) is 3.97. The maximum Gasteiger partial charge on any atom is 0.249 e. The number of rotatable bonds is 3. The van der Waals surface area contributed by atoms with Gasteiger partial charge in [-0.1, -0.05) is 63.2 Å². The summed E-state index contributed by atoms with van der Waals surface area (Å²) in [5.41, 5.74) is 1.21. The first-order valence-corrected chi connectivity index (χ1v) is 10.0. The molecule has 0 aromatic heterocycles. The van der Waals surface area contributed by atoms with Crippen LogP contribution in [0, 0.1) is 0 Å². The van der Waals surface area contributed by atoms with Gasteiger partial charge in [0, 0.05) is 0 Å². The second-order valence-corrected chi connectivity index (χ2v) is 11.5. The molecule has 20 heavy (non-hydrogen) atoms. The fraction of sp³-hybridized carbons (Fsp3) is 0.333. The van der Waals surface area contributed by atoms with E-state index in [2.05, 4.69) is 82.4 Å². The lowest BCUT2D eigenvalue weighted by Crippen LogP contribution is -2.39. The summed E-state index contributed by atoms with van der Waals surface area (Å²) in [5, 5.41) is 2.77. The Morgan fingerprint density at radius 3 is 2.30 bits per heavy atom. The summed E-state index contributed by atoms with van der Waals surface area (Å²) >= 11 is 0. The number of hydrogen-bond donors (Lipinski definition) is 0. The van der Waals surface area contributed by atoms with Gasteiger partial charge in [-0.2, -0.15) is 0 Å². The van der Waals surface area contributed by atoms with Crippen molar-refractivity contribution in [2.45, 2.75) is 38.9 Å². The van der Waals surface area contributed by atoms with Crippen molar-refractivity contribution in [3.05, 3.63) is 54.3 Å². The molecule has 0 saturated carbocycles. The molecule has 0 spiro atoms. The summed E-state index contributed by atoms with van der Waals surface area (Å²) in [4.78, 5) is 0. The molecule has 0 aliphatic carbocycles. The van der Waals surface area contributed by atoms with Crippen LogP contribution in [0.5, 0.6) is 0 Å². The molecule has 2 aromatic rings. The lowest BCUT2D eigenvalue weighted by molar-refractivity contribution is 0.433. The molecule has 0 unspecified atom stereocenters. The average Bonchev–Trinajstić information content (AvgIpc) is 2.37. The van der Waals surface area contributed by atoms with E-state index in [0.29, 0.717) is 0 Å². The fourth-order valence-corrected chi connectivity index (χ4v) is 2.61. The summed E-state index contributed by atoms with van der Waals surface area (Å²) < 4.78 is 6.11. The van der Waals surface area contributed by atoms with E-state index in [1.807, 2.05) is 6.26 Å². The Balaban J connectivity index is 2.23. The Morgan fingerprint density at radius 2 is 1.60 bits per heavy atom. The van der Waals surface area contributed by atoms with E-state index < -0.39 is 8.32 Å². The zero-order valence-electron chi connectivity index (χ0n) is 13.1. The molecule has 2 aromatic carbocycles. The molecule has 106 valence electrons. The van der Waals surface area contributed by atoms with Crippen molar-refractivity contribution in [2.75, 3.05) is 0 Å². The van der Waals surface area contributed by atoms with E-state index >= 15 is 0 Å². The molecule has 2 heteroatoms. The van der Waals surface area contributed by atoms with Gasteiger partial charge in [-0.15, -0.1) is 0 Å². The third-order valence-electron chi connectivity index (χ3n) is 4.24. The molecule has 0 radical (unpaired) electrons. The van der Waals surface area contributed by atoms with Gasteiger partial charge < -0.3 is 4.43 Å². The third-order valence-corrected chi connectivity index (χ3v) is 8.58. The molecule has 0 heterocycles. The first-order chi connectivity index (χ1) is 9.31. The highest BCUT2D eigenvalue weighted by Crippen LogP contribution is 2.36. The van der Waals surface area contributed by atoms with Crippen molar-refractivity contribution in [3.8, 4) is 0 Å². The van der Waals surface area contributed by atoms with E-state index in [1.165, 1.54) is 16.3 Å². The minimum Gasteiger partial charge on any atom is -0.549 e. The maximum absolute atomic E-state index is 6.11. The molecule has 0 aliphatic heterocycles. The molecule has 0 N–H and O–H groups in total. The molecule has 0 amide bonds. The second kappa shape index (κ2) is 5.45. The third kappa shape index (κ3) is 3.13. The highest BCUT2D eigenvalue weighted by atomic mass is 28.4. The van der Waals surface area contributed by atoms with Gasteiger partial charge in [0.15, 0.2) is 0 Å². The van der Waals surface area contributed by atoms with Crippen LogP contribution in [0.15, 0.2) is 48.7 Å². The molecular formula is C18H24OSi. The van der Waals surface area contributed by atoms with Gasteiger partial charge in [-0.25, -0.2) is 0 Å². The van der Waals surface area contributed by atoms with Crippen LogP contribution in [0.2, 0.25) is 18.1 Å². The van der Waals surface area contributed by atoms with Crippen LogP contribution in [-0.2, 0) is 4.43 Å². The van der Waals surface area contributed by atoms with Gasteiger partial charge in [-0.05, 0) is 40.5 Å². The van der Waals surface area contributed by atoms with Gasteiger partial charge in [0.2, 0.25) is 8.32 Å². The van der Waals surface area contributed by atoms with Crippen LogP contribution in [0.4, 0.5) is 0 Å². The van der Waals surface area contributed by atoms with Gasteiger partial charge >= 0.3 is 0 Å². The summed E-state index contributed by atoms with van der Waals surface area (Å²) in [5.74, 6) is 0. The van der Waals surface area contributed by atoms with E-state index in [1.54, 1.807) is 0 Å². The van der Waals surface area contributed by atoms with Gasteiger partial charge in [0.05, 0.1) is 6.26 Å². The number of fused-ring (bicyclic) bond motifs is 1. The molecule has 0 atom stereocenters. The van der Waals surface area contributed by atoms with Gasteiger partial charge in [-0.3, -0.25) is 0 Å². The lowest BCUT2D eigenvalue weighted by Gasteiger charge is -2.34. The summed E-state index contributed by atoms with van der Waals surface area (Å²) in [6.45, 7) is 11.3. The number of hydrogen-bond acceptors (Lipinski definition) is 1. The quantitative estimate of drug-likeness (QED) is 0.509. The second-order valence-electron chi connectivity index (χ2n) is 6.75. The van der Waals surface area contributed by atoms with Gasteiger partial charge in [0.25, 0.3) is 0 Å². The zero-order valence-corrected chi connectivity index (χ0v) is 14.1. The van der Waals surface area contributed by atoms with E-state index in [-0.39, 0.29) is 5.04 Å². The van der Waals surface area contributed by atoms with Crippen LogP contribution in [0.1, 0.15) is 26.3 Å². The van der Waals surface area contributed by atoms with Crippen LogP contribution in [0.3, 0.4) is 0 Å². The van der Waals surface area contributed by atoms with Crippen LogP contribution >= 0.6 is 0 Å². The molecule has 0 saturated heterocycles. The smallest absolute Gasteiger partial charge is 0.249 e.